The van der Waals surface area contributed by atoms with Gasteiger partial charge in [-0.25, -0.2) is 0 Å². The first-order valence-corrected chi connectivity index (χ1v) is 9.46. The first-order chi connectivity index (χ1) is 11.6. The van der Waals surface area contributed by atoms with Crippen molar-refractivity contribution in [1.82, 2.24) is 20.4 Å². The van der Waals surface area contributed by atoms with E-state index >= 15 is 0 Å². The summed E-state index contributed by atoms with van der Waals surface area (Å²) in [7, 11) is 5.51. The number of carbonyl (C=O) groups excluding carboxylic acids is 1. The highest BCUT2D eigenvalue weighted by Crippen LogP contribution is 2.38. The van der Waals surface area contributed by atoms with Gasteiger partial charge in [0.25, 0.3) is 0 Å². The molecule has 6 nitrogen and oxygen atoms in total. The lowest BCUT2D eigenvalue weighted by molar-refractivity contribution is -0.138. The zero-order valence-corrected chi connectivity index (χ0v) is 15.7. The van der Waals surface area contributed by atoms with Gasteiger partial charge in [0.2, 0.25) is 5.91 Å². The molecule has 138 valence electrons. The molecule has 0 radical (unpaired) electrons. The smallest absolute Gasteiger partial charge is 0.230 e. The molecule has 0 unspecified atom stereocenters. The maximum absolute atomic E-state index is 12.6. The molecule has 2 N–H and O–H groups in total. The third kappa shape index (κ3) is 5.10. The minimum Gasteiger partial charge on any atom is -0.356 e. The van der Waals surface area contributed by atoms with Crippen LogP contribution in [0.15, 0.2) is 4.99 Å². The van der Waals surface area contributed by atoms with Gasteiger partial charge in [0, 0.05) is 34.2 Å². The predicted octanol–water partition coefficient (Wildman–Crippen LogP) is 1.29. The Morgan fingerprint density at radius 3 is 2.38 bits per heavy atom. The monoisotopic (exact) mass is 337 g/mol. The molecular formula is C18H35N5O. The number of hydrogen-bond donors (Lipinski definition) is 2. The Labute approximate surface area is 147 Å². The van der Waals surface area contributed by atoms with Crippen LogP contribution in [0.1, 0.15) is 44.9 Å². The molecule has 0 aromatic rings. The minimum absolute atomic E-state index is 0.247. The van der Waals surface area contributed by atoms with Crippen LogP contribution in [0, 0.1) is 5.41 Å². The maximum atomic E-state index is 12.6. The van der Waals surface area contributed by atoms with Crippen molar-refractivity contribution in [3.8, 4) is 0 Å². The fraction of sp³-hybridized carbons (Fsp3) is 0.889. The molecule has 1 heterocycles. The normalized spacial score (nSPS) is 21.0. The number of amides is 1. The molecule has 0 aromatic heterocycles. The number of likely N-dealkylation sites (tertiary alicyclic amines) is 1. The van der Waals surface area contributed by atoms with Crippen molar-refractivity contribution >= 4 is 11.9 Å². The quantitative estimate of drug-likeness (QED) is 0.417. The Kier molecular flexibility index (Phi) is 7.34. The lowest BCUT2D eigenvalue weighted by atomic mass is 9.84. The van der Waals surface area contributed by atoms with Gasteiger partial charge in [0.15, 0.2) is 5.96 Å². The van der Waals surface area contributed by atoms with Crippen LogP contribution >= 0.6 is 0 Å². The summed E-state index contributed by atoms with van der Waals surface area (Å²) in [6, 6.07) is 0. The largest absolute Gasteiger partial charge is 0.356 e. The number of rotatable bonds is 7. The molecule has 6 heteroatoms. The van der Waals surface area contributed by atoms with Crippen LogP contribution < -0.4 is 10.6 Å². The standard InChI is InChI=1S/C18H35N5O/c1-19-17(20-11-8-14-23-12-6-7-13-23)21-15-18(9-4-5-10-18)16(24)22(2)3/h4-15H2,1-3H3,(H2,19,20,21). The molecule has 1 amide bonds. The van der Waals surface area contributed by atoms with E-state index in [2.05, 4.69) is 20.5 Å². The van der Waals surface area contributed by atoms with Gasteiger partial charge in [-0.3, -0.25) is 9.79 Å². The highest BCUT2D eigenvalue weighted by Gasteiger charge is 2.42. The van der Waals surface area contributed by atoms with Gasteiger partial charge in [-0.05, 0) is 51.7 Å². The first-order valence-electron chi connectivity index (χ1n) is 9.46. The van der Waals surface area contributed by atoms with E-state index in [1.165, 1.54) is 25.9 Å². The van der Waals surface area contributed by atoms with E-state index in [9.17, 15) is 4.79 Å². The topological polar surface area (TPSA) is 60.0 Å². The summed E-state index contributed by atoms with van der Waals surface area (Å²) in [5, 5.41) is 6.78. The summed E-state index contributed by atoms with van der Waals surface area (Å²) >= 11 is 0. The van der Waals surface area contributed by atoms with Crippen LogP contribution in [-0.2, 0) is 4.79 Å². The summed E-state index contributed by atoms with van der Waals surface area (Å²) in [4.78, 5) is 21.2. The average Bonchev–Trinajstić information content (AvgIpc) is 3.25. The molecule has 2 rings (SSSR count). The SMILES string of the molecule is CN=C(NCCCN1CCCC1)NCC1(C(=O)N(C)C)CCCC1. The molecule has 0 spiro atoms. The molecule has 0 atom stereocenters. The van der Waals surface area contributed by atoms with Gasteiger partial charge >= 0.3 is 0 Å². The van der Waals surface area contributed by atoms with Crippen molar-refractivity contribution in [2.75, 3.05) is 53.9 Å². The maximum Gasteiger partial charge on any atom is 0.230 e. The zero-order valence-electron chi connectivity index (χ0n) is 15.7. The number of nitrogens with one attached hydrogen (secondary N) is 2. The second-order valence-corrected chi connectivity index (χ2v) is 7.44. The Hall–Kier alpha value is -1.30. The first kappa shape index (κ1) is 19.0. The van der Waals surface area contributed by atoms with Crippen LogP contribution in [-0.4, -0.2) is 75.5 Å². The van der Waals surface area contributed by atoms with E-state index in [0.29, 0.717) is 6.54 Å². The van der Waals surface area contributed by atoms with Crippen LogP contribution in [0.25, 0.3) is 0 Å². The van der Waals surface area contributed by atoms with E-state index in [4.69, 9.17) is 0 Å². The van der Waals surface area contributed by atoms with Crippen molar-refractivity contribution < 1.29 is 4.79 Å². The highest BCUT2D eigenvalue weighted by atomic mass is 16.2. The predicted molar refractivity (Wildman–Crippen MR) is 99.3 cm³/mol. The number of carbonyl (C=O) groups is 1. The highest BCUT2D eigenvalue weighted by molar-refractivity contribution is 5.85. The number of nitrogens with zero attached hydrogens (tertiary/aromatic N) is 3. The third-order valence-corrected chi connectivity index (χ3v) is 5.38. The Bertz CT molecular complexity index is 423. The van der Waals surface area contributed by atoms with Gasteiger partial charge in [-0.1, -0.05) is 12.8 Å². The van der Waals surface area contributed by atoms with Crippen LogP contribution in [0.5, 0.6) is 0 Å². The van der Waals surface area contributed by atoms with Crippen LogP contribution in [0.3, 0.4) is 0 Å². The van der Waals surface area contributed by atoms with Crippen molar-refractivity contribution in [1.29, 1.82) is 0 Å². The number of aliphatic imine (C=N–C) groups is 1. The molecule has 24 heavy (non-hydrogen) atoms. The van der Waals surface area contributed by atoms with Crippen molar-refractivity contribution in [3.05, 3.63) is 0 Å². The molecule has 1 saturated heterocycles. The van der Waals surface area contributed by atoms with Gasteiger partial charge < -0.3 is 20.4 Å². The van der Waals surface area contributed by atoms with Gasteiger partial charge in [-0.2, -0.15) is 0 Å². The van der Waals surface area contributed by atoms with Gasteiger partial charge in [0.1, 0.15) is 0 Å². The van der Waals surface area contributed by atoms with Gasteiger partial charge in [0.05, 0.1) is 5.41 Å². The third-order valence-electron chi connectivity index (χ3n) is 5.38. The lowest BCUT2D eigenvalue weighted by Gasteiger charge is -2.31. The van der Waals surface area contributed by atoms with Crippen LogP contribution in [0.2, 0.25) is 0 Å². The molecule has 1 aliphatic carbocycles. The van der Waals surface area contributed by atoms with E-state index < -0.39 is 0 Å². The summed E-state index contributed by atoms with van der Waals surface area (Å²) in [5.74, 6) is 1.06. The number of guanidine groups is 1. The summed E-state index contributed by atoms with van der Waals surface area (Å²) in [6.45, 7) is 5.26. The summed E-state index contributed by atoms with van der Waals surface area (Å²) < 4.78 is 0. The minimum atomic E-state index is -0.253. The summed E-state index contributed by atoms with van der Waals surface area (Å²) in [6.07, 6.45) is 8.05. The van der Waals surface area contributed by atoms with E-state index in [1.54, 1.807) is 11.9 Å². The second-order valence-electron chi connectivity index (χ2n) is 7.44. The molecular weight excluding hydrogens is 302 g/mol. The lowest BCUT2D eigenvalue weighted by Crippen LogP contribution is -2.49. The summed E-state index contributed by atoms with van der Waals surface area (Å²) in [5.41, 5.74) is -0.253. The average molecular weight is 338 g/mol. The zero-order chi connectivity index (χ0) is 17.4. The van der Waals surface area contributed by atoms with E-state index in [1.807, 2.05) is 14.1 Å². The van der Waals surface area contributed by atoms with E-state index in [0.717, 1.165) is 51.2 Å². The Morgan fingerprint density at radius 1 is 1.12 bits per heavy atom. The molecule has 0 bridgehead atoms. The van der Waals surface area contributed by atoms with Crippen LogP contribution in [0.4, 0.5) is 0 Å². The molecule has 0 aromatic carbocycles. The molecule has 2 fully saturated rings. The fourth-order valence-corrected chi connectivity index (χ4v) is 3.98. The van der Waals surface area contributed by atoms with Crippen molar-refractivity contribution in [3.63, 3.8) is 0 Å². The van der Waals surface area contributed by atoms with Crippen molar-refractivity contribution in [2.24, 2.45) is 10.4 Å². The van der Waals surface area contributed by atoms with Crippen molar-refractivity contribution in [2.45, 2.75) is 44.9 Å². The second kappa shape index (κ2) is 9.25. The fourth-order valence-electron chi connectivity index (χ4n) is 3.98. The Morgan fingerprint density at radius 2 is 1.79 bits per heavy atom. The Balaban J connectivity index is 1.74. The number of hydrogen-bond acceptors (Lipinski definition) is 3. The van der Waals surface area contributed by atoms with E-state index in [-0.39, 0.29) is 11.3 Å². The molecule has 2 aliphatic rings. The molecule has 1 aliphatic heterocycles. The molecule has 1 saturated carbocycles. The van der Waals surface area contributed by atoms with Gasteiger partial charge in [-0.15, -0.1) is 0 Å².